The Hall–Kier alpha value is -1.39. The van der Waals surface area contributed by atoms with Crippen molar-refractivity contribution in [3.8, 4) is 0 Å². The van der Waals surface area contributed by atoms with E-state index in [1.54, 1.807) is 0 Å². The van der Waals surface area contributed by atoms with Crippen LogP contribution >= 0.6 is 0 Å². The monoisotopic (exact) mass is 247 g/mol. The van der Waals surface area contributed by atoms with Gasteiger partial charge < -0.3 is 10.6 Å². The van der Waals surface area contributed by atoms with Crippen molar-refractivity contribution in [2.75, 3.05) is 32.0 Å². The summed E-state index contributed by atoms with van der Waals surface area (Å²) in [5.74, 6) is 0.0503. The molecule has 1 saturated heterocycles. The summed E-state index contributed by atoms with van der Waals surface area (Å²) in [6, 6.07) is 10.1. The number of hydrogen-bond acceptors (Lipinski definition) is 3. The van der Waals surface area contributed by atoms with E-state index in [0.717, 1.165) is 18.8 Å². The van der Waals surface area contributed by atoms with Crippen LogP contribution in [0.25, 0.3) is 0 Å². The van der Waals surface area contributed by atoms with Gasteiger partial charge in [0.05, 0.1) is 6.54 Å². The van der Waals surface area contributed by atoms with Gasteiger partial charge in [0, 0.05) is 18.3 Å². The lowest BCUT2D eigenvalue weighted by Gasteiger charge is -2.31. The highest BCUT2D eigenvalue weighted by Gasteiger charge is 2.19. The van der Waals surface area contributed by atoms with Crippen LogP contribution in [0.1, 0.15) is 12.8 Å². The van der Waals surface area contributed by atoms with Crippen molar-refractivity contribution in [2.24, 2.45) is 0 Å². The number of likely N-dealkylation sites (N-methyl/N-ethyl adjacent to an activating group) is 1. The number of para-hydroxylation sites is 1. The number of hydrogen-bond donors (Lipinski definition) is 2. The van der Waals surface area contributed by atoms with Crippen LogP contribution in [0.3, 0.4) is 0 Å². The minimum Gasteiger partial charge on any atom is -0.325 e. The van der Waals surface area contributed by atoms with Crippen molar-refractivity contribution in [3.63, 3.8) is 0 Å². The molecule has 1 aliphatic heterocycles. The van der Waals surface area contributed by atoms with E-state index in [-0.39, 0.29) is 5.91 Å². The summed E-state index contributed by atoms with van der Waals surface area (Å²) in [4.78, 5) is 14.0. The molecule has 18 heavy (non-hydrogen) atoms. The molecule has 1 atom stereocenters. The smallest absolute Gasteiger partial charge is 0.238 e. The van der Waals surface area contributed by atoms with Gasteiger partial charge in [-0.25, -0.2) is 0 Å². The first kappa shape index (κ1) is 13.1. The number of nitrogens with one attached hydrogen (secondary N) is 2. The Morgan fingerprint density at radius 3 is 2.89 bits per heavy atom. The van der Waals surface area contributed by atoms with Crippen LogP contribution in [0.15, 0.2) is 30.3 Å². The fourth-order valence-corrected chi connectivity index (χ4v) is 2.29. The third kappa shape index (κ3) is 3.82. The molecule has 2 rings (SSSR count). The minimum absolute atomic E-state index is 0.0503. The third-order valence-corrected chi connectivity index (χ3v) is 3.34. The Labute approximate surface area is 108 Å². The van der Waals surface area contributed by atoms with Gasteiger partial charge in [-0.15, -0.1) is 0 Å². The van der Waals surface area contributed by atoms with E-state index in [1.807, 2.05) is 37.4 Å². The number of carbonyl (C=O) groups is 1. The van der Waals surface area contributed by atoms with Gasteiger partial charge in [0.15, 0.2) is 0 Å². The first-order valence-corrected chi connectivity index (χ1v) is 6.51. The Morgan fingerprint density at radius 2 is 2.22 bits per heavy atom. The molecule has 1 unspecified atom stereocenters. The highest BCUT2D eigenvalue weighted by atomic mass is 16.2. The number of anilines is 1. The summed E-state index contributed by atoms with van der Waals surface area (Å²) in [6.45, 7) is 2.52. The lowest BCUT2D eigenvalue weighted by molar-refractivity contribution is -0.117. The van der Waals surface area contributed by atoms with E-state index in [4.69, 9.17) is 0 Å². The van der Waals surface area contributed by atoms with Crippen molar-refractivity contribution in [3.05, 3.63) is 30.3 Å². The van der Waals surface area contributed by atoms with Gasteiger partial charge in [-0.1, -0.05) is 18.2 Å². The lowest BCUT2D eigenvalue weighted by atomic mass is 10.1. The van der Waals surface area contributed by atoms with Crippen LogP contribution in [0, 0.1) is 0 Å². The van der Waals surface area contributed by atoms with Gasteiger partial charge in [0.25, 0.3) is 0 Å². The molecule has 1 aliphatic rings. The van der Waals surface area contributed by atoms with Crippen molar-refractivity contribution < 1.29 is 4.79 Å². The molecule has 98 valence electrons. The molecular formula is C14H21N3O. The molecule has 0 spiro atoms. The zero-order chi connectivity index (χ0) is 12.8. The molecule has 0 bridgehead atoms. The Morgan fingerprint density at radius 1 is 1.44 bits per heavy atom. The van der Waals surface area contributed by atoms with Crippen LogP contribution in [-0.2, 0) is 4.79 Å². The van der Waals surface area contributed by atoms with E-state index >= 15 is 0 Å². The maximum absolute atomic E-state index is 11.9. The number of rotatable bonds is 4. The summed E-state index contributed by atoms with van der Waals surface area (Å²) in [5, 5.41) is 6.28. The van der Waals surface area contributed by atoms with Gasteiger partial charge in [-0.3, -0.25) is 9.69 Å². The number of benzene rings is 1. The number of carbonyl (C=O) groups excluding carboxylic acids is 1. The maximum atomic E-state index is 11.9. The summed E-state index contributed by atoms with van der Waals surface area (Å²) in [6.07, 6.45) is 2.36. The predicted octanol–water partition coefficient (Wildman–Crippen LogP) is 1.31. The largest absolute Gasteiger partial charge is 0.325 e. The average molecular weight is 247 g/mol. The third-order valence-electron chi connectivity index (χ3n) is 3.34. The van der Waals surface area contributed by atoms with Crippen molar-refractivity contribution in [1.29, 1.82) is 0 Å². The minimum atomic E-state index is 0.0503. The first-order chi connectivity index (χ1) is 8.75. The van der Waals surface area contributed by atoms with Gasteiger partial charge in [-0.2, -0.15) is 0 Å². The van der Waals surface area contributed by atoms with Crippen LogP contribution < -0.4 is 10.6 Å². The van der Waals surface area contributed by atoms with Gasteiger partial charge >= 0.3 is 0 Å². The molecule has 1 fully saturated rings. The first-order valence-electron chi connectivity index (χ1n) is 6.51. The quantitative estimate of drug-likeness (QED) is 0.843. The van der Waals surface area contributed by atoms with Crippen LogP contribution in [-0.4, -0.2) is 43.5 Å². The van der Waals surface area contributed by atoms with Gasteiger partial charge in [-0.05, 0) is 38.6 Å². The van der Waals surface area contributed by atoms with Crippen molar-refractivity contribution in [2.45, 2.75) is 18.9 Å². The zero-order valence-electron chi connectivity index (χ0n) is 10.9. The normalized spacial score (nSPS) is 19.8. The molecule has 4 nitrogen and oxygen atoms in total. The molecule has 1 aromatic rings. The number of piperidine rings is 1. The molecular weight excluding hydrogens is 226 g/mol. The Bertz CT molecular complexity index is 374. The number of amides is 1. The van der Waals surface area contributed by atoms with E-state index in [1.165, 1.54) is 12.8 Å². The second-order valence-electron chi connectivity index (χ2n) is 4.83. The Kier molecular flexibility index (Phi) is 4.73. The molecule has 0 saturated carbocycles. The summed E-state index contributed by atoms with van der Waals surface area (Å²) in [5.41, 5.74) is 0.859. The zero-order valence-corrected chi connectivity index (χ0v) is 10.9. The van der Waals surface area contributed by atoms with Gasteiger partial charge in [0.1, 0.15) is 0 Å². The molecule has 2 N–H and O–H groups in total. The topological polar surface area (TPSA) is 44.4 Å². The van der Waals surface area contributed by atoms with Crippen LogP contribution in [0.2, 0.25) is 0 Å². The molecule has 0 radical (unpaired) electrons. The molecule has 4 heteroatoms. The number of nitrogens with zero attached hydrogens (tertiary/aromatic N) is 1. The van der Waals surface area contributed by atoms with Crippen molar-refractivity contribution >= 4 is 11.6 Å². The second kappa shape index (κ2) is 6.52. The fraction of sp³-hybridized carbons (Fsp3) is 0.500. The molecule has 0 aromatic heterocycles. The molecule has 1 aromatic carbocycles. The predicted molar refractivity (Wildman–Crippen MR) is 73.6 cm³/mol. The summed E-state index contributed by atoms with van der Waals surface area (Å²) >= 11 is 0. The standard InChI is InChI=1S/C14H21N3O/c1-17(13-8-5-9-15-10-13)11-14(18)16-12-6-3-2-4-7-12/h2-4,6-7,13,15H,5,8-11H2,1H3,(H,16,18). The fourth-order valence-electron chi connectivity index (χ4n) is 2.29. The van der Waals surface area contributed by atoms with Crippen LogP contribution in [0.4, 0.5) is 5.69 Å². The van der Waals surface area contributed by atoms with E-state index in [9.17, 15) is 4.79 Å². The molecule has 1 heterocycles. The lowest BCUT2D eigenvalue weighted by Crippen LogP contribution is -2.46. The van der Waals surface area contributed by atoms with E-state index in [0.29, 0.717) is 12.6 Å². The summed E-state index contributed by atoms with van der Waals surface area (Å²) in [7, 11) is 2.02. The SMILES string of the molecule is CN(CC(=O)Nc1ccccc1)C1CCCNC1. The molecule has 0 aliphatic carbocycles. The maximum Gasteiger partial charge on any atom is 0.238 e. The Balaban J connectivity index is 1.79. The van der Waals surface area contributed by atoms with Crippen LogP contribution in [0.5, 0.6) is 0 Å². The average Bonchev–Trinajstić information content (AvgIpc) is 2.40. The highest BCUT2D eigenvalue weighted by Crippen LogP contribution is 2.09. The van der Waals surface area contributed by atoms with Gasteiger partial charge in [0.2, 0.25) is 5.91 Å². The second-order valence-corrected chi connectivity index (χ2v) is 4.83. The highest BCUT2D eigenvalue weighted by molar-refractivity contribution is 5.92. The molecule has 1 amide bonds. The van der Waals surface area contributed by atoms with E-state index < -0.39 is 0 Å². The van der Waals surface area contributed by atoms with Crippen molar-refractivity contribution in [1.82, 2.24) is 10.2 Å². The van der Waals surface area contributed by atoms with E-state index in [2.05, 4.69) is 15.5 Å². The summed E-state index contributed by atoms with van der Waals surface area (Å²) < 4.78 is 0.